The Morgan fingerprint density at radius 1 is 1.35 bits per heavy atom. The van der Waals surface area contributed by atoms with E-state index in [1.807, 2.05) is 0 Å². The lowest BCUT2D eigenvalue weighted by Gasteiger charge is -2.15. The number of carboxylic acids is 1. The standard InChI is InChI=1S/C16H15ClFN3O2/c17-11-6-5-10(7-12(11)18)20-15-14(9-3-1-2-4-9)21-13(8-19-15)16(22)23/h5-9H,1-4H2,(H,19,20)(H,22,23). The van der Waals surface area contributed by atoms with Crippen LogP contribution in [0, 0.1) is 5.82 Å². The number of nitrogens with one attached hydrogen (secondary N) is 1. The maximum atomic E-state index is 13.6. The van der Waals surface area contributed by atoms with Crippen molar-refractivity contribution in [2.24, 2.45) is 0 Å². The summed E-state index contributed by atoms with van der Waals surface area (Å²) in [5, 5.41) is 12.2. The Morgan fingerprint density at radius 2 is 2.09 bits per heavy atom. The van der Waals surface area contributed by atoms with Gasteiger partial charge in [0.15, 0.2) is 11.5 Å². The number of rotatable bonds is 4. The van der Waals surface area contributed by atoms with Crippen molar-refractivity contribution < 1.29 is 14.3 Å². The van der Waals surface area contributed by atoms with E-state index in [-0.39, 0.29) is 16.6 Å². The molecular formula is C16H15ClFN3O2. The van der Waals surface area contributed by atoms with Crippen LogP contribution in [0.1, 0.15) is 47.8 Å². The van der Waals surface area contributed by atoms with Crippen molar-refractivity contribution >= 4 is 29.1 Å². The molecule has 1 aromatic heterocycles. The summed E-state index contributed by atoms with van der Waals surface area (Å²) in [6.07, 6.45) is 5.26. The number of carbonyl (C=O) groups is 1. The molecule has 7 heteroatoms. The Labute approximate surface area is 137 Å². The molecule has 0 bridgehead atoms. The van der Waals surface area contributed by atoms with Gasteiger partial charge in [-0.1, -0.05) is 24.4 Å². The van der Waals surface area contributed by atoms with Gasteiger partial charge in [0.25, 0.3) is 0 Å². The van der Waals surface area contributed by atoms with Crippen molar-refractivity contribution in [2.75, 3.05) is 5.32 Å². The first-order valence-electron chi connectivity index (χ1n) is 7.37. The Bertz CT molecular complexity index is 748. The summed E-state index contributed by atoms with van der Waals surface area (Å²) < 4.78 is 13.6. The summed E-state index contributed by atoms with van der Waals surface area (Å²) in [5.74, 6) is -1.01. The average Bonchev–Trinajstić information content (AvgIpc) is 3.05. The number of benzene rings is 1. The minimum atomic E-state index is -1.11. The molecule has 1 aromatic carbocycles. The van der Waals surface area contributed by atoms with E-state index >= 15 is 0 Å². The van der Waals surface area contributed by atoms with Crippen molar-refractivity contribution in [1.29, 1.82) is 0 Å². The van der Waals surface area contributed by atoms with Gasteiger partial charge in [0.2, 0.25) is 0 Å². The SMILES string of the molecule is O=C(O)c1cnc(Nc2ccc(Cl)c(F)c2)c(C2CCCC2)n1. The molecule has 5 nitrogen and oxygen atoms in total. The Kier molecular flexibility index (Phi) is 4.43. The van der Waals surface area contributed by atoms with Crippen LogP contribution in [0.2, 0.25) is 5.02 Å². The van der Waals surface area contributed by atoms with Gasteiger partial charge in [-0.15, -0.1) is 0 Å². The number of hydrogen-bond donors (Lipinski definition) is 2. The summed E-state index contributed by atoms with van der Waals surface area (Å²) in [6, 6.07) is 4.36. The molecule has 1 saturated carbocycles. The second kappa shape index (κ2) is 6.50. The van der Waals surface area contributed by atoms with Crippen LogP contribution < -0.4 is 5.32 Å². The molecule has 2 aromatic rings. The minimum Gasteiger partial charge on any atom is -0.476 e. The van der Waals surface area contributed by atoms with Crippen LogP contribution in [-0.4, -0.2) is 21.0 Å². The van der Waals surface area contributed by atoms with Crippen LogP contribution in [-0.2, 0) is 0 Å². The van der Waals surface area contributed by atoms with Gasteiger partial charge < -0.3 is 10.4 Å². The maximum absolute atomic E-state index is 13.6. The predicted octanol–water partition coefficient (Wildman–Crippen LogP) is 4.37. The lowest BCUT2D eigenvalue weighted by atomic mass is 10.0. The van der Waals surface area contributed by atoms with Gasteiger partial charge in [-0.25, -0.2) is 19.2 Å². The third-order valence-corrected chi connectivity index (χ3v) is 4.25. The van der Waals surface area contributed by atoms with E-state index < -0.39 is 11.8 Å². The van der Waals surface area contributed by atoms with Crippen molar-refractivity contribution in [3.05, 3.63) is 46.6 Å². The second-order valence-electron chi connectivity index (χ2n) is 5.53. The van der Waals surface area contributed by atoms with Gasteiger partial charge >= 0.3 is 5.97 Å². The number of hydrogen-bond acceptors (Lipinski definition) is 4. The molecule has 120 valence electrons. The molecule has 23 heavy (non-hydrogen) atoms. The number of anilines is 2. The Morgan fingerprint density at radius 3 is 2.74 bits per heavy atom. The number of aromatic nitrogens is 2. The van der Waals surface area contributed by atoms with Crippen LogP contribution in [0.3, 0.4) is 0 Å². The molecule has 1 aliphatic rings. The summed E-state index contributed by atoms with van der Waals surface area (Å²) in [4.78, 5) is 19.6. The quantitative estimate of drug-likeness (QED) is 0.867. The third kappa shape index (κ3) is 3.42. The summed E-state index contributed by atoms with van der Waals surface area (Å²) in [6.45, 7) is 0. The molecule has 0 unspecified atom stereocenters. The molecule has 1 fully saturated rings. The third-order valence-electron chi connectivity index (χ3n) is 3.94. The maximum Gasteiger partial charge on any atom is 0.356 e. The fourth-order valence-corrected chi connectivity index (χ4v) is 2.91. The summed E-state index contributed by atoms with van der Waals surface area (Å²) >= 11 is 5.68. The van der Waals surface area contributed by atoms with E-state index in [9.17, 15) is 9.18 Å². The lowest BCUT2D eigenvalue weighted by molar-refractivity contribution is 0.0689. The number of carboxylic acid groups (broad SMARTS) is 1. The molecule has 0 spiro atoms. The first-order valence-corrected chi connectivity index (χ1v) is 7.74. The molecule has 2 N–H and O–H groups in total. The molecule has 0 atom stereocenters. The van der Waals surface area contributed by atoms with E-state index in [0.29, 0.717) is 17.2 Å². The highest BCUT2D eigenvalue weighted by Gasteiger charge is 2.24. The first kappa shape index (κ1) is 15.7. The van der Waals surface area contributed by atoms with Crippen LogP contribution in [0.4, 0.5) is 15.9 Å². The van der Waals surface area contributed by atoms with Gasteiger partial charge in [-0.05, 0) is 31.0 Å². The molecule has 1 heterocycles. The molecule has 0 aliphatic heterocycles. The van der Waals surface area contributed by atoms with Gasteiger partial charge in [-0.2, -0.15) is 0 Å². The lowest BCUT2D eigenvalue weighted by Crippen LogP contribution is -2.10. The second-order valence-corrected chi connectivity index (χ2v) is 5.94. The van der Waals surface area contributed by atoms with E-state index in [2.05, 4.69) is 15.3 Å². The first-order chi connectivity index (χ1) is 11.0. The van der Waals surface area contributed by atoms with Crippen molar-refractivity contribution in [3.63, 3.8) is 0 Å². The van der Waals surface area contributed by atoms with Crippen LogP contribution in [0.25, 0.3) is 0 Å². The van der Waals surface area contributed by atoms with Gasteiger partial charge in [0, 0.05) is 11.6 Å². The predicted molar refractivity (Wildman–Crippen MR) is 84.9 cm³/mol. The van der Waals surface area contributed by atoms with Gasteiger partial charge in [0.1, 0.15) is 5.82 Å². The van der Waals surface area contributed by atoms with E-state index in [0.717, 1.165) is 25.7 Å². The van der Waals surface area contributed by atoms with Crippen LogP contribution in [0.15, 0.2) is 24.4 Å². The van der Waals surface area contributed by atoms with E-state index in [4.69, 9.17) is 16.7 Å². The Balaban J connectivity index is 1.96. The Hall–Kier alpha value is -2.21. The number of aromatic carboxylic acids is 1. The molecule has 1 aliphatic carbocycles. The molecule has 0 radical (unpaired) electrons. The molecule has 0 saturated heterocycles. The van der Waals surface area contributed by atoms with Crippen molar-refractivity contribution in [2.45, 2.75) is 31.6 Å². The average molecular weight is 336 g/mol. The normalized spacial score (nSPS) is 14.9. The van der Waals surface area contributed by atoms with E-state index in [1.54, 1.807) is 6.07 Å². The molecule has 0 amide bonds. The molecule has 3 rings (SSSR count). The van der Waals surface area contributed by atoms with Gasteiger partial charge in [0.05, 0.1) is 16.9 Å². The highest BCUT2D eigenvalue weighted by atomic mass is 35.5. The smallest absolute Gasteiger partial charge is 0.356 e. The van der Waals surface area contributed by atoms with E-state index in [1.165, 1.54) is 18.3 Å². The zero-order valence-electron chi connectivity index (χ0n) is 12.2. The van der Waals surface area contributed by atoms with Crippen molar-refractivity contribution in [1.82, 2.24) is 9.97 Å². The summed E-state index contributed by atoms with van der Waals surface area (Å²) in [7, 11) is 0. The number of halogens is 2. The topological polar surface area (TPSA) is 75.1 Å². The monoisotopic (exact) mass is 335 g/mol. The van der Waals surface area contributed by atoms with Crippen molar-refractivity contribution in [3.8, 4) is 0 Å². The number of nitrogens with zero attached hydrogens (tertiary/aromatic N) is 2. The summed E-state index contributed by atoms with van der Waals surface area (Å²) in [5.41, 5.74) is 1.03. The van der Waals surface area contributed by atoms with Crippen LogP contribution >= 0.6 is 11.6 Å². The highest BCUT2D eigenvalue weighted by molar-refractivity contribution is 6.30. The largest absolute Gasteiger partial charge is 0.476 e. The van der Waals surface area contributed by atoms with Gasteiger partial charge in [-0.3, -0.25) is 0 Å². The fraction of sp³-hybridized carbons (Fsp3) is 0.312. The zero-order valence-corrected chi connectivity index (χ0v) is 13.0. The zero-order chi connectivity index (χ0) is 16.4. The molecular weight excluding hydrogens is 321 g/mol. The van der Waals surface area contributed by atoms with Crippen LogP contribution in [0.5, 0.6) is 0 Å². The minimum absolute atomic E-state index is 0.0406. The fourth-order valence-electron chi connectivity index (χ4n) is 2.80. The highest BCUT2D eigenvalue weighted by Crippen LogP contribution is 2.37.